The van der Waals surface area contributed by atoms with Gasteiger partial charge in [-0.05, 0) is 43.1 Å². The van der Waals surface area contributed by atoms with E-state index in [1.54, 1.807) is 16.9 Å². The van der Waals surface area contributed by atoms with E-state index in [1.807, 2.05) is 44.2 Å². The molecule has 2 aliphatic heterocycles. The lowest BCUT2D eigenvalue weighted by Gasteiger charge is -2.38. The van der Waals surface area contributed by atoms with E-state index in [1.165, 1.54) is 0 Å². The maximum Gasteiger partial charge on any atom is 0.407 e. The van der Waals surface area contributed by atoms with Gasteiger partial charge in [-0.25, -0.2) is 9.59 Å². The van der Waals surface area contributed by atoms with Gasteiger partial charge in [0, 0.05) is 51.8 Å². The van der Waals surface area contributed by atoms with Crippen LogP contribution in [0.2, 0.25) is 0 Å². The molecule has 3 fully saturated rings. The molecule has 1 saturated carbocycles. The zero-order chi connectivity index (χ0) is 28.6. The van der Waals surface area contributed by atoms with Crippen LogP contribution < -0.4 is 5.32 Å². The predicted molar refractivity (Wildman–Crippen MR) is 150 cm³/mol. The highest BCUT2D eigenvalue weighted by atomic mass is 16.6. The molecule has 1 aromatic rings. The van der Waals surface area contributed by atoms with Crippen LogP contribution in [0.1, 0.15) is 38.7 Å². The second kappa shape index (κ2) is 14.5. The van der Waals surface area contributed by atoms with Crippen molar-refractivity contribution in [1.82, 2.24) is 15.1 Å². The first-order chi connectivity index (χ1) is 19.3. The van der Waals surface area contributed by atoms with E-state index >= 15 is 0 Å². The highest BCUT2D eigenvalue weighted by Crippen LogP contribution is 2.42. The number of ether oxygens (including phenoxy) is 3. The summed E-state index contributed by atoms with van der Waals surface area (Å²) in [6.45, 7) is 6.90. The summed E-state index contributed by atoms with van der Waals surface area (Å²) in [6.07, 6.45) is 0.851. The first-order valence-electron chi connectivity index (χ1n) is 14.7. The Kier molecular flexibility index (Phi) is 11.1. The molecule has 3 amide bonds. The minimum Gasteiger partial charge on any atom is -0.445 e. The third-order valence-electron chi connectivity index (χ3n) is 8.53. The molecule has 10 nitrogen and oxygen atoms in total. The lowest BCUT2D eigenvalue weighted by molar-refractivity contribution is 0.0122. The Hall–Kier alpha value is -2.40. The summed E-state index contributed by atoms with van der Waals surface area (Å²) in [7, 11) is 1.67. The van der Waals surface area contributed by atoms with Gasteiger partial charge in [-0.2, -0.15) is 0 Å². The summed E-state index contributed by atoms with van der Waals surface area (Å²) in [5, 5.41) is 24.3. The van der Waals surface area contributed by atoms with Crippen molar-refractivity contribution in [3.63, 3.8) is 0 Å². The van der Waals surface area contributed by atoms with Gasteiger partial charge in [0.2, 0.25) is 0 Å². The Bertz CT molecular complexity index is 948. The average Bonchev–Trinajstić information content (AvgIpc) is 3.54. The second-order valence-corrected chi connectivity index (χ2v) is 12.0. The van der Waals surface area contributed by atoms with Crippen molar-refractivity contribution in [3.05, 3.63) is 35.9 Å². The Morgan fingerprint density at radius 1 is 1.20 bits per heavy atom. The molecule has 2 saturated heterocycles. The molecule has 0 aromatic heterocycles. The molecule has 0 radical (unpaired) electrons. The number of piperidine rings is 1. The molecule has 10 heteroatoms. The number of alkyl carbamates (subject to hydrolysis) is 1. The molecule has 1 aromatic carbocycles. The lowest BCUT2D eigenvalue weighted by Crippen LogP contribution is -2.55. The number of rotatable bonds is 11. The molecule has 3 N–H and O–H groups in total. The molecule has 1 aliphatic carbocycles. The van der Waals surface area contributed by atoms with Crippen LogP contribution in [-0.2, 0) is 20.6 Å². The minimum atomic E-state index is -1.03. The van der Waals surface area contributed by atoms with Crippen LogP contribution in [0.25, 0.3) is 0 Å². The van der Waals surface area contributed by atoms with Gasteiger partial charge in [0.25, 0.3) is 0 Å². The third kappa shape index (κ3) is 7.87. The number of aliphatic hydroxyl groups excluding tert-OH is 2. The molecule has 0 bridgehead atoms. The van der Waals surface area contributed by atoms with E-state index < -0.39 is 24.3 Å². The third-order valence-corrected chi connectivity index (χ3v) is 8.53. The number of fused-ring (bicyclic) bond motifs is 1. The van der Waals surface area contributed by atoms with Gasteiger partial charge >= 0.3 is 12.1 Å². The number of hydrogen-bond acceptors (Lipinski definition) is 7. The highest BCUT2D eigenvalue weighted by Gasteiger charge is 2.48. The monoisotopic (exact) mass is 561 g/mol. The van der Waals surface area contributed by atoms with Crippen LogP contribution in [0.4, 0.5) is 9.59 Å². The van der Waals surface area contributed by atoms with Gasteiger partial charge in [0.05, 0.1) is 31.4 Å². The maximum absolute atomic E-state index is 13.6. The van der Waals surface area contributed by atoms with Crippen LogP contribution in [-0.4, -0.2) is 110 Å². The SMILES string of the molecule is COC1CCCN(C(=O)N(CC(C)C)C[C@@H](O)[C@H](Cc2ccccc2)NC(=O)OC2C(CO)CC3COCC32)C1. The van der Waals surface area contributed by atoms with Gasteiger partial charge in [0.15, 0.2) is 0 Å². The average molecular weight is 562 g/mol. The quantitative estimate of drug-likeness (QED) is 0.380. The summed E-state index contributed by atoms with van der Waals surface area (Å²) in [6, 6.07) is 8.83. The number of aliphatic hydroxyl groups is 2. The zero-order valence-electron chi connectivity index (χ0n) is 24.1. The fourth-order valence-corrected chi connectivity index (χ4v) is 6.44. The Balaban J connectivity index is 1.46. The molecular weight excluding hydrogens is 514 g/mol. The molecule has 7 atom stereocenters. The van der Waals surface area contributed by atoms with Crippen molar-refractivity contribution >= 4 is 12.1 Å². The summed E-state index contributed by atoms with van der Waals surface area (Å²) in [5.74, 6) is 0.426. The van der Waals surface area contributed by atoms with E-state index in [2.05, 4.69) is 5.32 Å². The van der Waals surface area contributed by atoms with Crippen molar-refractivity contribution in [2.75, 3.05) is 53.1 Å². The normalized spacial score (nSPS) is 27.8. The number of carbonyl (C=O) groups is 2. The first kappa shape index (κ1) is 30.6. The van der Waals surface area contributed by atoms with Crippen LogP contribution in [0.3, 0.4) is 0 Å². The maximum atomic E-state index is 13.6. The van der Waals surface area contributed by atoms with Crippen molar-refractivity contribution in [3.8, 4) is 0 Å². The minimum absolute atomic E-state index is 0.00832. The number of urea groups is 1. The number of nitrogens with zero attached hydrogens (tertiary/aromatic N) is 2. The van der Waals surface area contributed by atoms with Crippen LogP contribution in [0.15, 0.2) is 30.3 Å². The number of likely N-dealkylation sites (tertiary alicyclic amines) is 1. The molecule has 0 spiro atoms. The van der Waals surface area contributed by atoms with Crippen molar-refractivity contribution < 1.29 is 34.0 Å². The van der Waals surface area contributed by atoms with E-state index in [-0.39, 0.29) is 49.0 Å². The molecule has 5 unspecified atom stereocenters. The number of carbonyl (C=O) groups excluding carboxylic acids is 2. The van der Waals surface area contributed by atoms with Crippen LogP contribution in [0.5, 0.6) is 0 Å². The Labute approximate surface area is 237 Å². The van der Waals surface area contributed by atoms with E-state index in [0.717, 1.165) is 24.8 Å². The number of nitrogens with one attached hydrogen (secondary N) is 1. The molecule has 3 aliphatic rings. The zero-order valence-corrected chi connectivity index (χ0v) is 24.1. The van der Waals surface area contributed by atoms with E-state index in [4.69, 9.17) is 14.2 Å². The Morgan fingerprint density at radius 2 is 1.98 bits per heavy atom. The summed E-state index contributed by atoms with van der Waals surface area (Å²) in [5.41, 5.74) is 0.950. The van der Waals surface area contributed by atoms with Crippen LogP contribution in [0, 0.1) is 23.7 Å². The first-order valence-corrected chi connectivity index (χ1v) is 14.7. The fourth-order valence-electron chi connectivity index (χ4n) is 6.44. The predicted octanol–water partition coefficient (Wildman–Crippen LogP) is 2.52. The molecular formula is C30H47N3O7. The summed E-state index contributed by atoms with van der Waals surface area (Å²) in [4.78, 5) is 30.3. The van der Waals surface area contributed by atoms with Crippen molar-refractivity contribution in [2.45, 2.75) is 63.9 Å². The lowest BCUT2D eigenvalue weighted by atomic mass is 9.99. The summed E-state index contributed by atoms with van der Waals surface area (Å²) >= 11 is 0. The fraction of sp³-hybridized carbons (Fsp3) is 0.733. The smallest absolute Gasteiger partial charge is 0.407 e. The molecule has 224 valence electrons. The van der Waals surface area contributed by atoms with Crippen molar-refractivity contribution in [1.29, 1.82) is 0 Å². The van der Waals surface area contributed by atoms with Gasteiger partial charge in [-0.3, -0.25) is 0 Å². The largest absolute Gasteiger partial charge is 0.445 e. The molecule has 40 heavy (non-hydrogen) atoms. The number of hydrogen-bond donors (Lipinski definition) is 3. The highest BCUT2D eigenvalue weighted by molar-refractivity contribution is 5.74. The van der Waals surface area contributed by atoms with Gasteiger partial charge < -0.3 is 39.5 Å². The summed E-state index contributed by atoms with van der Waals surface area (Å²) < 4.78 is 17.0. The number of methoxy groups -OCH3 is 1. The van der Waals surface area contributed by atoms with Gasteiger partial charge in [-0.15, -0.1) is 0 Å². The number of amides is 3. The molecule has 4 rings (SSSR count). The van der Waals surface area contributed by atoms with E-state index in [9.17, 15) is 19.8 Å². The molecule has 2 heterocycles. The van der Waals surface area contributed by atoms with Crippen molar-refractivity contribution in [2.24, 2.45) is 23.7 Å². The van der Waals surface area contributed by atoms with E-state index in [0.29, 0.717) is 39.3 Å². The second-order valence-electron chi connectivity index (χ2n) is 12.0. The number of benzene rings is 1. The van der Waals surface area contributed by atoms with Gasteiger partial charge in [-0.1, -0.05) is 44.2 Å². The van der Waals surface area contributed by atoms with Crippen LogP contribution >= 0.6 is 0 Å². The standard InChI is InChI=1S/C30H47N3O7/c1-20(2)14-33(30(37)32-11-7-10-24(15-32)38-3)16-27(35)26(12-21-8-5-4-6-9-21)31-29(36)40-28-22(17-34)13-23-18-39-19-25(23)28/h4-6,8-9,20,22-28,34-35H,7,10-19H2,1-3H3,(H,31,36)/t22?,23?,24?,25?,26-,27+,28?/m0/s1. The topological polar surface area (TPSA) is 121 Å². The Morgan fingerprint density at radius 3 is 2.67 bits per heavy atom. The van der Waals surface area contributed by atoms with Gasteiger partial charge in [0.1, 0.15) is 6.10 Å².